The number of nitrogens with two attached hydrogens (primary N) is 1. The van der Waals surface area contributed by atoms with Crippen LogP contribution in [-0.4, -0.2) is 29.4 Å². The Kier molecular flexibility index (Phi) is 2.26. The monoisotopic (exact) mass is 155 g/mol. The Labute approximate surface area is 51.0 Å². The number of carbonyl (C=O) groups excluding carboxylic acids is 1. The Morgan fingerprint density at radius 3 is 1.89 bits per heavy atom. The van der Waals surface area contributed by atoms with Crippen LogP contribution in [0.5, 0.6) is 0 Å². The van der Waals surface area contributed by atoms with E-state index >= 15 is 0 Å². The third kappa shape index (κ3) is 2.51. The van der Waals surface area contributed by atoms with E-state index in [0.717, 1.165) is 0 Å². The zero-order valence-electron chi connectivity index (χ0n) is 4.18. The first-order valence-electron chi connectivity index (χ1n) is 1.80. The van der Waals surface area contributed by atoms with Crippen molar-refractivity contribution in [2.45, 2.75) is 6.23 Å². The van der Waals surface area contributed by atoms with E-state index in [4.69, 9.17) is 9.66 Å². The molecule has 0 aliphatic carbocycles. The fourth-order valence-electron chi connectivity index (χ4n) is 0.153. The Balaban J connectivity index is 4.45. The minimum absolute atomic E-state index is 1.80. The molecule has 0 aromatic heterocycles. The van der Waals surface area contributed by atoms with E-state index in [2.05, 4.69) is 5.73 Å². The van der Waals surface area contributed by atoms with E-state index in [-0.39, 0.29) is 0 Å². The van der Waals surface area contributed by atoms with E-state index in [1.165, 1.54) is 0 Å². The highest BCUT2D eigenvalue weighted by Gasteiger charge is 2.23. The van der Waals surface area contributed by atoms with Crippen LogP contribution in [0, 0.1) is 0 Å². The van der Waals surface area contributed by atoms with Crippen LogP contribution in [0.2, 0.25) is 0 Å². The van der Waals surface area contributed by atoms with Gasteiger partial charge in [-0.05, 0) is 0 Å². The number of hydrogen-bond acceptors (Lipinski definition) is 5. The van der Waals surface area contributed by atoms with Gasteiger partial charge in [0.1, 0.15) is 0 Å². The third-order valence-corrected chi connectivity index (χ3v) is 1.25. The van der Waals surface area contributed by atoms with Crippen molar-refractivity contribution < 1.29 is 22.9 Å². The van der Waals surface area contributed by atoms with Crippen molar-refractivity contribution >= 4 is 15.2 Å². The highest BCUT2D eigenvalue weighted by molar-refractivity contribution is 8.01. The van der Waals surface area contributed by atoms with E-state index in [0.29, 0.717) is 0 Å². The van der Waals surface area contributed by atoms with E-state index in [9.17, 15) is 13.2 Å². The molecule has 0 fully saturated rings. The summed E-state index contributed by atoms with van der Waals surface area (Å²) < 4.78 is 27.3. The van der Waals surface area contributed by atoms with Gasteiger partial charge in [-0.1, -0.05) is 0 Å². The van der Waals surface area contributed by atoms with Gasteiger partial charge in [0.05, 0.1) is 0 Å². The van der Waals surface area contributed by atoms with Gasteiger partial charge in [-0.15, -0.1) is 0 Å². The second-order valence-electron chi connectivity index (χ2n) is 1.24. The molecular formula is C2H5NO5S. The Morgan fingerprint density at radius 1 is 1.56 bits per heavy atom. The summed E-state index contributed by atoms with van der Waals surface area (Å²) in [5.74, 6) is 0. The first-order valence-corrected chi connectivity index (χ1v) is 3.24. The highest BCUT2D eigenvalue weighted by Crippen LogP contribution is 1.86. The SMILES string of the molecule is NC(O)C(=O)S(=O)(=O)O. The topological polar surface area (TPSA) is 118 Å². The predicted molar refractivity (Wildman–Crippen MR) is 26.7 cm³/mol. The molecule has 0 radical (unpaired) electrons. The molecule has 0 aliphatic rings. The van der Waals surface area contributed by atoms with Crippen LogP contribution >= 0.6 is 0 Å². The summed E-state index contributed by atoms with van der Waals surface area (Å²) in [5, 5.41) is 6.24. The molecule has 0 saturated heterocycles. The van der Waals surface area contributed by atoms with Gasteiger partial charge < -0.3 is 5.11 Å². The zero-order valence-corrected chi connectivity index (χ0v) is 5.00. The van der Waals surface area contributed by atoms with Gasteiger partial charge >= 0.3 is 15.2 Å². The molecule has 1 atom stereocenters. The molecule has 0 aromatic carbocycles. The summed E-state index contributed by atoms with van der Waals surface area (Å²) in [5.41, 5.74) is 4.39. The first-order chi connectivity index (χ1) is 3.85. The van der Waals surface area contributed by atoms with Crippen molar-refractivity contribution in [1.82, 2.24) is 0 Å². The molecular weight excluding hydrogens is 150 g/mol. The smallest absolute Gasteiger partial charge is 0.332 e. The number of carbonyl (C=O) groups is 1. The summed E-state index contributed by atoms with van der Waals surface area (Å²) in [6, 6.07) is 0. The molecule has 0 aliphatic heterocycles. The van der Waals surface area contributed by atoms with Crippen molar-refractivity contribution in [3.05, 3.63) is 0 Å². The summed E-state index contributed by atoms with van der Waals surface area (Å²) >= 11 is 0. The number of rotatable bonds is 1. The average Bonchev–Trinajstić information content (AvgIpc) is 1.62. The lowest BCUT2D eigenvalue weighted by atomic mass is 10.7. The van der Waals surface area contributed by atoms with Crippen LogP contribution in [-0.2, 0) is 14.9 Å². The minimum atomic E-state index is -4.82. The lowest BCUT2D eigenvalue weighted by Gasteiger charge is -1.96. The summed E-state index contributed by atoms with van der Waals surface area (Å²) in [6.07, 6.45) is -2.17. The molecule has 0 spiro atoms. The zero-order chi connectivity index (χ0) is 7.65. The Morgan fingerprint density at radius 2 is 1.89 bits per heavy atom. The van der Waals surface area contributed by atoms with Crippen LogP contribution in [0.15, 0.2) is 0 Å². The maximum absolute atomic E-state index is 9.95. The number of aliphatic hydroxyl groups excluding tert-OH is 1. The molecule has 0 amide bonds. The summed E-state index contributed by atoms with van der Waals surface area (Å²) in [6.45, 7) is 0. The van der Waals surface area contributed by atoms with Gasteiger partial charge in [-0.3, -0.25) is 15.1 Å². The maximum Gasteiger partial charge on any atom is 0.332 e. The van der Waals surface area contributed by atoms with Gasteiger partial charge in [0.15, 0.2) is 6.23 Å². The van der Waals surface area contributed by atoms with Gasteiger partial charge in [-0.2, -0.15) is 8.42 Å². The van der Waals surface area contributed by atoms with Gasteiger partial charge in [-0.25, -0.2) is 0 Å². The molecule has 0 bridgehead atoms. The van der Waals surface area contributed by atoms with E-state index in [1.54, 1.807) is 0 Å². The molecule has 0 aromatic rings. The average molecular weight is 155 g/mol. The van der Waals surface area contributed by atoms with Crippen LogP contribution in [0.3, 0.4) is 0 Å². The largest absolute Gasteiger partial charge is 0.370 e. The molecule has 0 saturated carbocycles. The van der Waals surface area contributed by atoms with Crippen molar-refractivity contribution in [1.29, 1.82) is 0 Å². The fraction of sp³-hybridized carbons (Fsp3) is 0.500. The van der Waals surface area contributed by atoms with Gasteiger partial charge in [0.2, 0.25) is 0 Å². The van der Waals surface area contributed by atoms with Crippen molar-refractivity contribution in [2.75, 3.05) is 0 Å². The maximum atomic E-state index is 9.95. The molecule has 6 nitrogen and oxygen atoms in total. The van der Waals surface area contributed by atoms with Crippen LogP contribution in [0.25, 0.3) is 0 Å². The molecule has 0 rings (SSSR count). The predicted octanol–water partition coefficient (Wildman–Crippen LogP) is -2.32. The van der Waals surface area contributed by atoms with Crippen LogP contribution < -0.4 is 5.73 Å². The highest BCUT2D eigenvalue weighted by atomic mass is 32.2. The van der Waals surface area contributed by atoms with Gasteiger partial charge in [0, 0.05) is 0 Å². The Hall–Kier alpha value is -0.500. The van der Waals surface area contributed by atoms with Crippen LogP contribution in [0.4, 0.5) is 0 Å². The van der Waals surface area contributed by atoms with Gasteiger partial charge in [0.25, 0.3) is 0 Å². The van der Waals surface area contributed by atoms with Crippen molar-refractivity contribution in [2.24, 2.45) is 5.73 Å². The molecule has 54 valence electrons. The standard InChI is InChI=1S/C2H5NO5S/c3-1(4)2(5)9(6,7)8/h1,4H,3H2,(H,6,7,8). The second-order valence-corrected chi connectivity index (χ2v) is 2.59. The number of aliphatic hydroxyl groups is 1. The van der Waals surface area contributed by atoms with E-state index in [1.807, 2.05) is 0 Å². The number of hydrogen-bond donors (Lipinski definition) is 3. The molecule has 1 unspecified atom stereocenters. The molecule has 4 N–H and O–H groups in total. The first kappa shape index (κ1) is 8.50. The van der Waals surface area contributed by atoms with Crippen LogP contribution in [0.1, 0.15) is 0 Å². The van der Waals surface area contributed by atoms with Crippen molar-refractivity contribution in [3.8, 4) is 0 Å². The molecule has 7 heteroatoms. The lowest BCUT2D eigenvalue weighted by Crippen LogP contribution is -2.35. The normalized spacial score (nSPS) is 15.0. The Bertz CT molecular complexity index is 203. The quantitative estimate of drug-likeness (QED) is 0.289. The fourth-order valence-corrected chi connectivity index (χ4v) is 0.458. The summed E-state index contributed by atoms with van der Waals surface area (Å²) in [4.78, 5) is 9.95. The molecule has 9 heavy (non-hydrogen) atoms. The lowest BCUT2D eigenvalue weighted by molar-refractivity contribution is -0.119. The third-order valence-electron chi connectivity index (χ3n) is 0.496. The second kappa shape index (κ2) is 2.40. The summed E-state index contributed by atoms with van der Waals surface area (Å²) in [7, 11) is -4.82. The van der Waals surface area contributed by atoms with E-state index < -0.39 is 21.5 Å². The molecule has 0 heterocycles. The van der Waals surface area contributed by atoms with Crippen molar-refractivity contribution in [3.63, 3.8) is 0 Å². The minimum Gasteiger partial charge on any atom is -0.370 e.